The van der Waals surface area contributed by atoms with Gasteiger partial charge in [-0.1, -0.05) is 59.2 Å². The largest absolute Gasteiger partial charge is 0.494 e. The summed E-state index contributed by atoms with van der Waals surface area (Å²) in [6.07, 6.45) is 0. The number of amidine groups is 1. The van der Waals surface area contributed by atoms with E-state index in [1.807, 2.05) is 50.2 Å². The molecule has 1 heterocycles. The van der Waals surface area contributed by atoms with Crippen molar-refractivity contribution in [3.8, 4) is 5.75 Å². The van der Waals surface area contributed by atoms with E-state index >= 15 is 0 Å². The number of hydrogen-bond donors (Lipinski definition) is 1. The molecule has 0 bridgehead atoms. The van der Waals surface area contributed by atoms with Gasteiger partial charge in [0.25, 0.3) is 0 Å². The van der Waals surface area contributed by atoms with Crippen molar-refractivity contribution in [1.82, 2.24) is 5.32 Å². The molecule has 31 heavy (non-hydrogen) atoms. The molecule has 0 radical (unpaired) electrons. The van der Waals surface area contributed by atoms with Gasteiger partial charge >= 0.3 is 5.97 Å². The molecule has 8 heteroatoms. The molecule has 0 aromatic heterocycles. The van der Waals surface area contributed by atoms with Gasteiger partial charge in [-0.15, -0.1) is 0 Å². The molecular weight excluding hydrogens is 455 g/mol. The summed E-state index contributed by atoms with van der Waals surface area (Å²) in [5, 5.41) is 5.13. The highest BCUT2D eigenvalue weighted by atomic mass is 35.5. The first kappa shape index (κ1) is 23.5. The van der Waals surface area contributed by atoms with E-state index in [1.165, 1.54) is 11.8 Å². The van der Waals surface area contributed by atoms with Gasteiger partial charge in [-0.3, -0.25) is 0 Å². The molecule has 0 aliphatic carbocycles. The van der Waals surface area contributed by atoms with E-state index in [4.69, 9.17) is 37.7 Å². The van der Waals surface area contributed by atoms with Crippen molar-refractivity contribution in [2.75, 3.05) is 13.2 Å². The number of rotatable bonds is 7. The van der Waals surface area contributed by atoms with E-state index in [0.717, 1.165) is 11.1 Å². The highest BCUT2D eigenvalue weighted by molar-refractivity contribution is 8.13. The number of nitrogens with one attached hydrogen (secondary N) is 1. The van der Waals surface area contributed by atoms with E-state index in [0.29, 0.717) is 44.6 Å². The SMILES string of the molecule is CCOC(=O)C1=C(C)NC(SCc2ccc(Cl)cc2Cl)=N[C@@H]1c1ccccc1OCC. The molecular formula is C23H24Cl2N2O3S. The van der Waals surface area contributed by atoms with Crippen molar-refractivity contribution < 1.29 is 14.3 Å². The monoisotopic (exact) mass is 478 g/mol. The maximum Gasteiger partial charge on any atom is 0.338 e. The first-order chi connectivity index (χ1) is 14.9. The Morgan fingerprint density at radius 1 is 1.16 bits per heavy atom. The average molecular weight is 479 g/mol. The van der Waals surface area contributed by atoms with E-state index in [9.17, 15) is 4.79 Å². The van der Waals surface area contributed by atoms with E-state index in [-0.39, 0.29) is 6.61 Å². The van der Waals surface area contributed by atoms with Gasteiger partial charge in [0.2, 0.25) is 0 Å². The minimum Gasteiger partial charge on any atom is -0.494 e. The van der Waals surface area contributed by atoms with Crippen LogP contribution in [0.25, 0.3) is 0 Å². The van der Waals surface area contributed by atoms with Gasteiger partial charge in [-0.2, -0.15) is 0 Å². The van der Waals surface area contributed by atoms with Gasteiger partial charge in [0.1, 0.15) is 11.8 Å². The van der Waals surface area contributed by atoms with Crippen molar-refractivity contribution >= 4 is 46.1 Å². The number of para-hydroxylation sites is 1. The standard InChI is InChI=1S/C23H24Cl2N2O3S/c1-4-29-19-9-7-6-8-17(19)21-20(22(28)30-5-2)14(3)26-23(27-21)31-13-15-10-11-16(24)12-18(15)25/h6-12,21H,4-5,13H2,1-3H3,(H,26,27)/t21-/m1/s1. The number of allylic oxidation sites excluding steroid dienone is 1. The number of ether oxygens (including phenoxy) is 2. The second-order valence-electron chi connectivity index (χ2n) is 6.72. The lowest BCUT2D eigenvalue weighted by Crippen LogP contribution is -2.30. The van der Waals surface area contributed by atoms with Gasteiger partial charge in [-0.25, -0.2) is 9.79 Å². The number of esters is 1. The van der Waals surface area contributed by atoms with Gasteiger partial charge in [0, 0.05) is 27.1 Å². The third kappa shape index (κ3) is 5.76. The Kier molecular flexibility index (Phi) is 8.29. The Morgan fingerprint density at radius 3 is 2.65 bits per heavy atom. The van der Waals surface area contributed by atoms with Crippen LogP contribution in [-0.4, -0.2) is 24.4 Å². The minimum absolute atomic E-state index is 0.288. The summed E-state index contributed by atoms with van der Waals surface area (Å²) in [4.78, 5) is 17.6. The first-order valence-corrected chi connectivity index (χ1v) is 11.7. The fourth-order valence-corrected chi connectivity index (χ4v) is 4.70. The molecule has 3 rings (SSSR count). The number of halogens is 2. The molecule has 1 aliphatic rings. The molecule has 5 nitrogen and oxygen atoms in total. The second-order valence-corrected chi connectivity index (χ2v) is 8.52. The summed E-state index contributed by atoms with van der Waals surface area (Å²) in [5.41, 5.74) is 2.94. The minimum atomic E-state index is -0.536. The number of aliphatic imine (C=N–C) groups is 1. The fourth-order valence-electron chi connectivity index (χ4n) is 3.20. The molecule has 1 atom stereocenters. The zero-order valence-electron chi connectivity index (χ0n) is 17.6. The predicted octanol–water partition coefficient (Wildman–Crippen LogP) is 6.16. The molecule has 164 valence electrons. The molecule has 2 aromatic carbocycles. The maximum absolute atomic E-state index is 12.8. The molecule has 0 unspecified atom stereocenters. The quantitative estimate of drug-likeness (QED) is 0.482. The van der Waals surface area contributed by atoms with Crippen LogP contribution in [0.4, 0.5) is 0 Å². The summed E-state index contributed by atoms with van der Waals surface area (Å²) >= 11 is 13.8. The topological polar surface area (TPSA) is 59.9 Å². The second kappa shape index (κ2) is 10.9. The highest BCUT2D eigenvalue weighted by Crippen LogP contribution is 2.38. The van der Waals surface area contributed by atoms with E-state index < -0.39 is 12.0 Å². The van der Waals surface area contributed by atoms with Crippen molar-refractivity contribution in [2.45, 2.75) is 32.6 Å². The van der Waals surface area contributed by atoms with Crippen molar-refractivity contribution in [3.05, 3.63) is 74.9 Å². The van der Waals surface area contributed by atoms with Gasteiger partial charge in [0.15, 0.2) is 5.17 Å². The zero-order valence-corrected chi connectivity index (χ0v) is 19.9. The van der Waals surface area contributed by atoms with E-state index in [2.05, 4.69) is 5.32 Å². The van der Waals surface area contributed by atoms with Crippen LogP contribution in [0.1, 0.15) is 37.9 Å². The van der Waals surface area contributed by atoms with Crippen LogP contribution in [0.3, 0.4) is 0 Å². The molecule has 0 amide bonds. The molecule has 2 aromatic rings. The Morgan fingerprint density at radius 2 is 1.94 bits per heavy atom. The lowest BCUT2D eigenvalue weighted by atomic mass is 9.96. The van der Waals surface area contributed by atoms with Crippen LogP contribution in [0.2, 0.25) is 10.0 Å². The van der Waals surface area contributed by atoms with Crippen molar-refractivity contribution in [1.29, 1.82) is 0 Å². The normalized spacial score (nSPS) is 15.9. The van der Waals surface area contributed by atoms with Crippen LogP contribution in [0.5, 0.6) is 5.75 Å². The number of carbonyl (C=O) groups excluding carboxylic acids is 1. The Balaban J connectivity index is 1.94. The number of benzene rings is 2. The summed E-state index contributed by atoms with van der Waals surface area (Å²) in [6, 6.07) is 12.5. The maximum atomic E-state index is 12.8. The average Bonchev–Trinajstić information content (AvgIpc) is 2.73. The van der Waals surface area contributed by atoms with Crippen LogP contribution in [0.15, 0.2) is 58.7 Å². The Hall–Kier alpha value is -2.15. The molecule has 1 N–H and O–H groups in total. The van der Waals surface area contributed by atoms with Crippen LogP contribution >= 0.6 is 35.0 Å². The highest BCUT2D eigenvalue weighted by Gasteiger charge is 2.32. The number of carbonyl (C=O) groups is 1. The van der Waals surface area contributed by atoms with Crippen LogP contribution < -0.4 is 10.1 Å². The Bertz CT molecular complexity index is 1020. The van der Waals surface area contributed by atoms with Crippen LogP contribution in [0, 0.1) is 0 Å². The van der Waals surface area contributed by atoms with Crippen LogP contribution in [-0.2, 0) is 15.3 Å². The van der Waals surface area contributed by atoms with Crippen molar-refractivity contribution in [3.63, 3.8) is 0 Å². The smallest absolute Gasteiger partial charge is 0.338 e. The molecule has 0 saturated heterocycles. The summed E-state index contributed by atoms with van der Waals surface area (Å²) < 4.78 is 11.1. The first-order valence-electron chi connectivity index (χ1n) is 9.95. The zero-order chi connectivity index (χ0) is 22.4. The molecule has 0 spiro atoms. The van der Waals surface area contributed by atoms with Crippen molar-refractivity contribution in [2.24, 2.45) is 4.99 Å². The predicted molar refractivity (Wildman–Crippen MR) is 128 cm³/mol. The third-order valence-electron chi connectivity index (χ3n) is 4.61. The van der Waals surface area contributed by atoms with Gasteiger partial charge in [0.05, 0.1) is 18.8 Å². The Labute approximate surface area is 196 Å². The third-order valence-corrected chi connectivity index (χ3v) is 6.13. The number of hydrogen-bond acceptors (Lipinski definition) is 6. The van der Waals surface area contributed by atoms with Gasteiger partial charge in [-0.05, 0) is 44.5 Å². The number of nitrogens with zero attached hydrogens (tertiary/aromatic N) is 1. The summed E-state index contributed by atoms with van der Waals surface area (Å²) in [6.45, 7) is 6.36. The van der Waals surface area contributed by atoms with Gasteiger partial charge < -0.3 is 14.8 Å². The molecule has 0 fully saturated rings. The fraction of sp³-hybridized carbons (Fsp3) is 0.304. The van der Waals surface area contributed by atoms with E-state index in [1.54, 1.807) is 13.0 Å². The number of thioether (sulfide) groups is 1. The lowest BCUT2D eigenvalue weighted by molar-refractivity contribution is -0.138. The summed E-state index contributed by atoms with van der Waals surface area (Å²) in [7, 11) is 0. The molecule has 0 saturated carbocycles. The lowest BCUT2D eigenvalue weighted by Gasteiger charge is -2.27. The summed E-state index contributed by atoms with van der Waals surface area (Å²) in [5.74, 6) is 0.904. The molecule has 1 aliphatic heterocycles.